The smallest absolute Gasteiger partial charge is 0.456 e. The maximum atomic E-state index is 11.8. The van der Waals surface area contributed by atoms with E-state index in [1.54, 1.807) is 0 Å². The Balaban J connectivity index is 2.68. The first-order valence-corrected chi connectivity index (χ1v) is 5.16. The number of carbonyl (C=O) groups excluding carboxylic acids is 1. The Morgan fingerprint density at radius 3 is 2.44 bits per heavy atom. The average Bonchev–Trinajstić information content (AvgIpc) is 2.60. The van der Waals surface area contributed by atoms with Gasteiger partial charge in [-0.1, -0.05) is 0 Å². The molecule has 0 aliphatic heterocycles. The van der Waals surface area contributed by atoms with Crippen molar-refractivity contribution in [1.82, 2.24) is 0 Å². The molecule has 5 nitrogen and oxygen atoms in total. The van der Waals surface area contributed by atoms with Gasteiger partial charge in [0.2, 0.25) is 0 Å². The third kappa shape index (κ3) is 2.83. The Hall–Kier alpha value is -1.35. The predicted octanol–water partition coefficient (Wildman–Crippen LogP) is 1.46. The minimum atomic E-state index is -5.64. The van der Waals surface area contributed by atoms with Gasteiger partial charge < -0.3 is 4.42 Å². The minimum Gasteiger partial charge on any atom is -0.456 e. The first-order chi connectivity index (χ1) is 7.26. The second kappa shape index (κ2) is 4.26. The molecule has 0 aliphatic carbocycles. The molecule has 0 aromatic carbocycles. The fourth-order valence-electron chi connectivity index (χ4n) is 0.738. The van der Waals surface area contributed by atoms with Crippen molar-refractivity contribution in [1.29, 1.82) is 0 Å². The van der Waals surface area contributed by atoms with Crippen molar-refractivity contribution in [2.75, 3.05) is 0 Å². The predicted molar refractivity (Wildman–Crippen MR) is 43.9 cm³/mol. The molecular formula is C7H5F3O5S. The molecule has 0 aliphatic rings. The van der Waals surface area contributed by atoms with Crippen LogP contribution in [0.1, 0.15) is 16.3 Å². The third-order valence-corrected chi connectivity index (χ3v) is 2.43. The molecule has 0 N–H and O–H groups in total. The fraction of sp³-hybridized carbons (Fsp3) is 0.286. The molecule has 1 rings (SSSR count). The van der Waals surface area contributed by atoms with Crippen LogP contribution >= 0.6 is 0 Å². The number of aldehydes is 1. The standard InChI is InChI=1S/C7H5F3O5S/c8-7(9,10)16(12,13)14-4-6-2-1-5(3-11)15-6/h1-3H,4H2. The molecule has 0 fully saturated rings. The summed E-state index contributed by atoms with van der Waals surface area (Å²) in [5.74, 6) is -0.335. The van der Waals surface area contributed by atoms with Crippen molar-refractivity contribution >= 4 is 16.4 Å². The SMILES string of the molecule is O=Cc1ccc(COS(=O)(=O)C(F)(F)F)o1. The van der Waals surface area contributed by atoms with Crippen LogP contribution in [0.3, 0.4) is 0 Å². The summed E-state index contributed by atoms with van der Waals surface area (Å²) in [6.45, 7) is -0.921. The van der Waals surface area contributed by atoms with Gasteiger partial charge in [-0.05, 0) is 12.1 Å². The zero-order chi connectivity index (χ0) is 12.4. The number of hydrogen-bond donors (Lipinski definition) is 0. The molecule has 0 unspecified atom stereocenters. The molecule has 0 radical (unpaired) electrons. The van der Waals surface area contributed by atoms with Gasteiger partial charge in [-0.2, -0.15) is 21.6 Å². The molecule has 0 spiro atoms. The molecular weight excluding hydrogens is 253 g/mol. The van der Waals surface area contributed by atoms with E-state index >= 15 is 0 Å². The topological polar surface area (TPSA) is 73.6 Å². The van der Waals surface area contributed by atoms with Crippen LogP contribution in [-0.4, -0.2) is 20.2 Å². The second-order valence-corrected chi connectivity index (χ2v) is 4.19. The van der Waals surface area contributed by atoms with Crippen molar-refractivity contribution < 1.29 is 35.0 Å². The van der Waals surface area contributed by atoms with E-state index in [1.165, 1.54) is 6.07 Å². The third-order valence-electron chi connectivity index (χ3n) is 1.44. The average molecular weight is 258 g/mol. The second-order valence-electron chi connectivity index (χ2n) is 2.58. The Morgan fingerprint density at radius 1 is 1.38 bits per heavy atom. The van der Waals surface area contributed by atoms with E-state index in [0.717, 1.165) is 6.07 Å². The van der Waals surface area contributed by atoms with Crippen LogP contribution < -0.4 is 0 Å². The summed E-state index contributed by atoms with van der Waals surface area (Å²) < 4.78 is 64.6. The number of carbonyl (C=O) groups is 1. The van der Waals surface area contributed by atoms with Gasteiger partial charge in [0, 0.05) is 0 Å². The van der Waals surface area contributed by atoms with Crippen LogP contribution in [0.15, 0.2) is 16.5 Å². The van der Waals surface area contributed by atoms with Crippen LogP contribution in [0.4, 0.5) is 13.2 Å². The van der Waals surface area contributed by atoms with Crippen LogP contribution in [0.25, 0.3) is 0 Å². The molecule has 1 aromatic heterocycles. The van der Waals surface area contributed by atoms with Gasteiger partial charge in [0.1, 0.15) is 12.4 Å². The van der Waals surface area contributed by atoms with Gasteiger partial charge in [-0.3, -0.25) is 8.98 Å². The van der Waals surface area contributed by atoms with Gasteiger partial charge in [-0.15, -0.1) is 0 Å². The highest BCUT2D eigenvalue weighted by Gasteiger charge is 2.47. The van der Waals surface area contributed by atoms with E-state index in [0.29, 0.717) is 6.29 Å². The zero-order valence-corrected chi connectivity index (χ0v) is 8.34. The van der Waals surface area contributed by atoms with Crippen molar-refractivity contribution in [2.45, 2.75) is 12.1 Å². The molecule has 0 saturated heterocycles. The molecule has 0 bridgehead atoms. The summed E-state index contributed by atoms with van der Waals surface area (Å²) in [6, 6.07) is 2.31. The van der Waals surface area contributed by atoms with Gasteiger partial charge in [0.15, 0.2) is 12.0 Å². The summed E-state index contributed by atoms with van der Waals surface area (Å²) >= 11 is 0. The molecule has 1 heterocycles. The lowest BCUT2D eigenvalue weighted by Gasteiger charge is -2.06. The van der Waals surface area contributed by atoms with Crippen molar-refractivity contribution in [2.24, 2.45) is 0 Å². The van der Waals surface area contributed by atoms with Gasteiger partial charge in [0.25, 0.3) is 0 Å². The maximum absolute atomic E-state index is 11.8. The van der Waals surface area contributed by atoms with Crippen LogP contribution in [0.5, 0.6) is 0 Å². The maximum Gasteiger partial charge on any atom is 0.523 e. The number of halogens is 3. The molecule has 1 aromatic rings. The van der Waals surface area contributed by atoms with Crippen molar-refractivity contribution in [3.05, 3.63) is 23.7 Å². The summed E-state index contributed by atoms with van der Waals surface area (Å²) in [5.41, 5.74) is -5.48. The van der Waals surface area contributed by atoms with Crippen LogP contribution in [-0.2, 0) is 20.9 Å². The van der Waals surface area contributed by atoms with Gasteiger partial charge in [0.05, 0.1) is 0 Å². The Labute approximate surface area is 87.9 Å². The number of rotatable bonds is 4. The molecule has 0 amide bonds. The summed E-state index contributed by atoms with van der Waals surface area (Å²) in [6.07, 6.45) is 0.321. The highest BCUT2D eigenvalue weighted by atomic mass is 32.2. The van der Waals surface area contributed by atoms with E-state index in [-0.39, 0.29) is 11.5 Å². The number of hydrogen-bond acceptors (Lipinski definition) is 5. The number of alkyl halides is 3. The molecule has 16 heavy (non-hydrogen) atoms. The molecule has 90 valence electrons. The lowest BCUT2D eigenvalue weighted by Crippen LogP contribution is -2.25. The van der Waals surface area contributed by atoms with Crippen molar-refractivity contribution in [3.63, 3.8) is 0 Å². The van der Waals surface area contributed by atoms with Gasteiger partial charge >= 0.3 is 15.6 Å². The molecule has 0 atom stereocenters. The normalized spacial score (nSPS) is 12.7. The van der Waals surface area contributed by atoms with Crippen LogP contribution in [0.2, 0.25) is 0 Å². The number of furan rings is 1. The first kappa shape index (κ1) is 12.7. The fourth-order valence-corrected chi connectivity index (χ4v) is 1.14. The zero-order valence-electron chi connectivity index (χ0n) is 7.52. The largest absolute Gasteiger partial charge is 0.523 e. The van der Waals surface area contributed by atoms with Gasteiger partial charge in [-0.25, -0.2) is 0 Å². The van der Waals surface area contributed by atoms with E-state index in [2.05, 4.69) is 8.60 Å². The van der Waals surface area contributed by atoms with Crippen LogP contribution in [0, 0.1) is 0 Å². The summed E-state index contributed by atoms with van der Waals surface area (Å²) in [7, 11) is -5.64. The summed E-state index contributed by atoms with van der Waals surface area (Å²) in [4.78, 5) is 10.1. The monoisotopic (exact) mass is 258 g/mol. The molecule has 9 heteroatoms. The van der Waals surface area contributed by atoms with E-state index < -0.39 is 22.2 Å². The lowest BCUT2D eigenvalue weighted by atomic mass is 10.4. The Morgan fingerprint density at radius 2 is 2.00 bits per heavy atom. The first-order valence-electron chi connectivity index (χ1n) is 3.76. The van der Waals surface area contributed by atoms with E-state index in [4.69, 9.17) is 0 Å². The highest BCUT2D eigenvalue weighted by molar-refractivity contribution is 7.87. The summed E-state index contributed by atoms with van der Waals surface area (Å²) in [5, 5.41) is 0. The molecule has 0 saturated carbocycles. The quantitative estimate of drug-likeness (QED) is 0.464. The van der Waals surface area contributed by atoms with E-state index in [9.17, 15) is 26.4 Å². The minimum absolute atomic E-state index is 0.136. The Kier molecular flexibility index (Phi) is 3.38. The Bertz CT molecular complexity index is 472. The highest BCUT2D eigenvalue weighted by Crippen LogP contribution is 2.25. The van der Waals surface area contributed by atoms with Crippen molar-refractivity contribution in [3.8, 4) is 0 Å². The lowest BCUT2D eigenvalue weighted by molar-refractivity contribution is -0.0551. The van der Waals surface area contributed by atoms with E-state index in [1.807, 2.05) is 0 Å².